The standard InChI is InChI=1S/C26H33N3O/c1-20(2)17-18-28(26(30)21-11-5-3-6-12-21)19-25-27-23-15-9-10-16-24(23)29(25)22-13-7-4-8-14-22/h3,5-6,9-12,15-16,20,22H,4,7-8,13-14,17-19H2,1-2H3. The van der Waals surface area contributed by atoms with Crippen molar-refractivity contribution in [1.29, 1.82) is 0 Å². The molecule has 1 aromatic heterocycles. The van der Waals surface area contributed by atoms with Gasteiger partial charge in [0.2, 0.25) is 0 Å². The summed E-state index contributed by atoms with van der Waals surface area (Å²) >= 11 is 0. The van der Waals surface area contributed by atoms with E-state index in [1.54, 1.807) is 0 Å². The van der Waals surface area contributed by atoms with Crippen LogP contribution >= 0.6 is 0 Å². The Bertz CT molecular complexity index is 970. The third kappa shape index (κ3) is 4.58. The Morgan fingerprint density at radius 1 is 1.03 bits per heavy atom. The van der Waals surface area contributed by atoms with Crippen LogP contribution in [0.25, 0.3) is 11.0 Å². The molecule has 1 aliphatic carbocycles. The smallest absolute Gasteiger partial charge is 0.254 e. The van der Waals surface area contributed by atoms with Crippen molar-refractivity contribution in [2.45, 2.75) is 65.0 Å². The van der Waals surface area contributed by atoms with E-state index >= 15 is 0 Å². The maximum atomic E-state index is 13.4. The summed E-state index contributed by atoms with van der Waals surface area (Å²) in [6.45, 7) is 5.73. The first-order chi connectivity index (χ1) is 14.6. The molecular formula is C26H33N3O. The second-order valence-corrected chi connectivity index (χ2v) is 8.95. The third-order valence-corrected chi connectivity index (χ3v) is 6.23. The van der Waals surface area contributed by atoms with Crippen molar-refractivity contribution >= 4 is 16.9 Å². The van der Waals surface area contributed by atoms with Gasteiger partial charge in [-0.05, 0) is 49.4 Å². The minimum absolute atomic E-state index is 0.0958. The number of amides is 1. The lowest BCUT2D eigenvalue weighted by Crippen LogP contribution is -2.33. The van der Waals surface area contributed by atoms with E-state index in [2.05, 4.69) is 42.7 Å². The number of fused-ring (bicyclic) bond motifs is 1. The zero-order valence-corrected chi connectivity index (χ0v) is 18.3. The SMILES string of the molecule is CC(C)CCN(Cc1nc2ccccc2n1C1CCCCC1)C(=O)c1ccccc1. The van der Waals surface area contributed by atoms with Gasteiger partial charge in [0.25, 0.3) is 5.91 Å². The van der Waals surface area contributed by atoms with Crippen LogP contribution in [0.1, 0.15) is 74.6 Å². The van der Waals surface area contributed by atoms with Gasteiger partial charge in [0.1, 0.15) is 5.82 Å². The Morgan fingerprint density at radius 2 is 1.73 bits per heavy atom. The van der Waals surface area contributed by atoms with Crippen molar-refractivity contribution in [2.24, 2.45) is 5.92 Å². The zero-order valence-electron chi connectivity index (χ0n) is 18.3. The second kappa shape index (κ2) is 9.46. The predicted octanol–water partition coefficient (Wildman–Crippen LogP) is 6.23. The predicted molar refractivity (Wildman–Crippen MR) is 122 cm³/mol. The van der Waals surface area contributed by atoms with Crippen LogP contribution < -0.4 is 0 Å². The van der Waals surface area contributed by atoms with E-state index in [1.165, 1.54) is 37.6 Å². The molecule has 1 heterocycles. The monoisotopic (exact) mass is 403 g/mol. The summed E-state index contributed by atoms with van der Waals surface area (Å²) in [6, 6.07) is 18.6. The fraction of sp³-hybridized carbons (Fsp3) is 0.462. The average molecular weight is 404 g/mol. The molecule has 1 fully saturated rings. The molecular weight excluding hydrogens is 370 g/mol. The van der Waals surface area contributed by atoms with Crippen LogP contribution in [0.3, 0.4) is 0 Å². The van der Waals surface area contributed by atoms with Crippen molar-refractivity contribution in [1.82, 2.24) is 14.5 Å². The van der Waals surface area contributed by atoms with Gasteiger partial charge in [-0.25, -0.2) is 4.98 Å². The van der Waals surface area contributed by atoms with Gasteiger partial charge >= 0.3 is 0 Å². The Kier molecular flexibility index (Phi) is 6.51. The number of hydrogen-bond acceptors (Lipinski definition) is 2. The normalized spacial score (nSPS) is 15.0. The maximum Gasteiger partial charge on any atom is 0.254 e. The molecule has 4 rings (SSSR count). The molecule has 0 bridgehead atoms. The minimum atomic E-state index is 0.0958. The number of benzene rings is 2. The highest BCUT2D eigenvalue weighted by Crippen LogP contribution is 2.33. The van der Waals surface area contributed by atoms with Gasteiger partial charge in [0, 0.05) is 18.2 Å². The van der Waals surface area contributed by atoms with E-state index in [9.17, 15) is 4.79 Å². The van der Waals surface area contributed by atoms with Crippen LogP contribution in [-0.4, -0.2) is 26.9 Å². The van der Waals surface area contributed by atoms with Gasteiger partial charge < -0.3 is 9.47 Å². The van der Waals surface area contributed by atoms with Crippen molar-refractivity contribution in [3.63, 3.8) is 0 Å². The molecule has 0 atom stereocenters. The van der Waals surface area contributed by atoms with Crippen molar-refractivity contribution < 1.29 is 4.79 Å². The second-order valence-electron chi connectivity index (χ2n) is 8.95. The highest BCUT2D eigenvalue weighted by atomic mass is 16.2. The average Bonchev–Trinajstić information content (AvgIpc) is 3.15. The van der Waals surface area contributed by atoms with E-state index in [4.69, 9.17) is 4.98 Å². The molecule has 3 aromatic rings. The van der Waals surface area contributed by atoms with E-state index in [1.807, 2.05) is 35.2 Å². The van der Waals surface area contributed by atoms with Gasteiger partial charge in [-0.15, -0.1) is 0 Å². The zero-order chi connectivity index (χ0) is 20.9. The number of imidazole rings is 1. The Balaban J connectivity index is 1.68. The molecule has 4 heteroatoms. The van der Waals surface area contributed by atoms with Gasteiger partial charge in [0.05, 0.1) is 17.6 Å². The lowest BCUT2D eigenvalue weighted by molar-refractivity contribution is 0.0728. The summed E-state index contributed by atoms with van der Waals surface area (Å²) < 4.78 is 2.44. The van der Waals surface area contributed by atoms with E-state index in [0.717, 1.165) is 29.9 Å². The van der Waals surface area contributed by atoms with Crippen LogP contribution in [0.15, 0.2) is 54.6 Å². The number of nitrogens with zero attached hydrogens (tertiary/aromatic N) is 3. The van der Waals surface area contributed by atoms with Crippen LogP contribution in [0.5, 0.6) is 0 Å². The first-order valence-corrected chi connectivity index (χ1v) is 11.4. The Morgan fingerprint density at radius 3 is 2.47 bits per heavy atom. The third-order valence-electron chi connectivity index (χ3n) is 6.23. The largest absolute Gasteiger partial charge is 0.331 e. The van der Waals surface area contributed by atoms with Crippen LogP contribution in [0.4, 0.5) is 0 Å². The molecule has 0 N–H and O–H groups in total. The number of rotatable bonds is 7. The number of para-hydroxylation sites is 2. The minimum Gasteiger partial charge on any atom is -0.331 e. The highest BCUT2D eigenvalue weighted by Gasteiger charge is 2.24. The number of carbonyl (C=O) groups excluding carboxylic acids is 1. The van der Waals surface area contributed by atoms with Crippen LogP contribution in [0, 0.1) is 5.92 Å². The quantitative estimate of drug-likeness (QED) is 0.469. The van der Waals surface area contributed by atoms with Gasteiger partial charge in [-0.3, -0.25) is 4.79 Å². The fourth-order valence-electron chi connectivity index (χ4n) is 4.55. The van der Waals surface area contributed by atoms with Crippen molar-refractivity contribution in [3.8, 4) is 0 Å². The first kappa shape index (κ1) is 20.6. The summed E-state index contributed by atoms with van der Waals surface area (Å²) in [7, 11) is 0. The Labute approximate surface area is 179 Å². The summed E-state index contributed by atoms with van der Waals surface area (Å²) in [5.41, 5.74) is 2.99. The number of carbonyl (C=O) groups is 1. The molecule has 0 unspecified atom stereocenters. The highest BCUT2D eigenvalue weighted by molar-refractivity contribution is 5.94. The topological polar surface area (TPSA) is 38.1 Å². The molecule has 1 saturated carbocycles. The van der Waals surface area contributed by atoms with E-state index in [0.29, 0.717) is 18.5 Å². The molecule has 0 spiro atoms. The molecule has 2 aromatic carbocycles. The molecule has 158 valence electrons. The number of aromatic nitrogens is 2. The van der Waals surface area contributed by atoms with Gasteiger partial charge in [-0.1, -0.05) is 63.4 Å². The van der Waals surface area contributed by atoms with Crippen molar-refractivity contribution in [3.05, 3.63) is 66.0 Å². The number of hydrogen-bond donors (Lipinski definition) is 0. The molecule has 0 radical (unpaired) electrons. The van der Waals surface area contributed by atoms with Crippen molar-refractivity contribution in [2.75, 3.05) is 6.54 Å². The van der Waals surface area contributed by atoms with E-state index in [-0.39, 0.29) is 5.91 Å². The lowest BCUT2D eigenvalue weighted by Gasteiger charge is -2.28. The molecule has 0 saturated heterocycles. The summed E-state index contributed by atoms with van der Waals surface area (Å²) in [5, 5.41) is 0. The summed E-state index contributed by atoms with van der Waals surface area (Å²) in [4.78, 5) is 20.3. The van der Waals surface area contributed by atoms with E-state index < -0.39 is 0 Å². The van der Waals surface area contributed by atoms with Crippen LogP contribution in [0.2, 0.25) is 0 Å². The lowest BCUT2D eigenvalue weighted by atomic mass is 9.95. The first-order valence-electron chi connectivity index (χ1n) is 11.4. The fourth-order valence-corrected chi connectivity index (χ4v) is 4.55. The molecule has 30 heavy (non-hydrogen) atoms. The van der Waals surface area contributed by atoms with Crippen LogP contribution in [-0.2, 0) is 6.54 Å². The summed E-state index contributed by atoms with van der Waals surface area (Å²) in [5.74, 6) is 1.67. The molecule has 1 amide bonds. The Hall–Kier alpha value is -2.62. The molecule has 1 aliphatic rings. The van der Waals surface area contributed by atoms with Gasteiger partial charge in [0.15, 0.2) is 0 Å². The molecule has 0 aliphatic heterocycles. The van der Waals surface area contributed by atoms with Gasteiger partial charge in [-0.2, -0.15) is 0 Å². The maximum absolute atomic E-state index is 13.4. The summed E-state index contributed by atoms with van der Waals surface area (Å²) in [6.07, 6.45) is 7.26. The molecule has 4 nitrogen and oxygen atoms in total.